The van der Waals surface area contributed by atoms with Crippen LogP contribution in [0.15, 0.2) is 127 Å². The van der Waals surface area contributed by atoms with Crippen LogP contribution in [0.3, 0.4) is 0 Å². The summed E-state index contributed by atoms with van der Waals surface area (Å²) in [5, 5.41) is 3.77. The summed E-state index contributed by atoms with van der Waals surface area (Å²) in [6, 6.07) is 44.8. The highest BCUT2D eigenvalue weighted by molar-refractivity contribution is 7.84. The maximum atomic E-state index is 13.9. The SMILES string of the molecule is CN([C@H](c1ccccc1)c1cccc2c1Oc1c(P(c3ccccc3)c3ccccc3)cccc1C2(C)C)S(=O)C(C)(C)C. The third-order valence-electron chi connectivity index (χ3n) is 8.42. The van der Waals surface area contributed by atoms with Gasteiger partial charge in [0.25, 0.3) is 0 Å². The van der Waals surface area contributed by atoms with E-state index in [2.05, 4.69) is 135 Å². The van der Waals surface area contributed by atoms with Gasteiger partial charge in [-0.15, -0.1) is 0 Å². The zero-order valence-electron chi connectivity index (χ0n) is 26.3. The molecule has 5 aromatic carbocycles. The minimum Gasteiger partial charge on any atom is -0.456 e. The number of hydrogen-bond acceptors (Lipinski definition) is 2. The Morgan fingerprint density at radius 1 is 0.682 bits per heavy atom. The molecule has 5 heteroatoms. The molecule has 44 heavy (non-hydrogen) atoms. The van der Waals surface area contributed by atoms with E-state index >= 15 is 0 Å². The van der Waals surface area contributed by atoms with Crippen molar-refractivity contribution in [1.82, 2.24) is 4.31 Å². The highest BCUT2D eigenvalue weighted by Crippen LogP contribution is 2.53. The summed E-state index contributed by atoms with van der Waals surface area (Å²) >= 11 is 0. The molecule has 2 atom stereocenters. The number of benzene rings is 5. The first-order chi connectivity index (χ1) is 21.1. The average Bonchev–Trinajstić information content (AvgIpc) is 3.03. The first kappa shape index (κ1) is 30.5. The van der Waals surface area contributed by atoms with E-state index in [9.17, 15) is 4.21 Å². The quantitative estimate of drug-likeness (QED) is 0.172. The first-order valence-corrected chi connectivity index (χ1v) is 17.6. The molecule has 3 nitrogen and oxygen atoms in total. The van der Waals surface area contributed by atoms with Gasteiger partial charge in [-0.05, 0) is 44.9 Å². The fourth-order valence-corrected chi connectivity index (χ4v) is 9.94. The number of para-hydroxylation sites is 2. The van der Waals surface area contributed by atoms with Crippen LogP contribution < -0.4 is 20.7 Å². The van der Waals surface area contributed by atoms with Gasteiger partial charge in [0.05, 0.1) is 10.8 Å². The number of rotatable bonds is 7. The van der Waals surface area contributed by atoms with Crippen molar-refractivity contribution in [3.8, 4) is 11.5 Å². The van der Waals surface area contributed by atoms with Crippen molar-refractivity contribution in [2.24, 2.45) is 0 Å². The molecule has 0 saturated carbocycles. The minimum atomic E-state index is -1.26. The third kappa shape index (κ3) is 5.56. The van der Waals surface area contributed by atoms with Crippen LogP contribution in [-0.4, -0.2) is 20.3 Å². The molecular weight excluding hydrogens is 577 g/mol. The lowest BCUT2D eigenvalue weighted by Crippen LogP contribution is -2.38. The van der Waals surface area contributed by atoms with Gasteiger partial charge in [-0.25, -0.2) is 8.51 Å². The highest BCUT2D eigenvalue weighted by atomic mass is 32.2. The molecule has 0 bridgehead atoms. The largest absolute Gasteiger partial charge is 0.456 e. The molecule has 1 aliphatic heterocycles. The Morgan fingerprint density at radius 2 is 1.18 bits per heavy atom. The van der Waals surface area contributed by atoms with Crippen molar-refractivity contribution in [3.05, 3.63) is 150 Å². The number of ether oxygens (including phenoxy) is 1. The van der Waals surface area contributed by atoms with E-state index in [1.54, 1.807) is 0 Å². The van der Waals surface area contributed by atoms with Gasteiger partial charge >= 0.3 is 0 Å². The minimum absolute atomic E-state index is 0.263. The van der Waals surface area contributed by atoms with Gasteiger partial charge in [-0.2, -0.15) is 0 Å². The van der Waals surface area contributed by atoms with Crippen LogP contribution in [-0.2, 0) is 16.4 Å². The van der Waals surface area contributed by atoms with E-state index in [4.69, 9.17) is 4.74 Å². The molecule has 0 saturated heterocycles. The van der Waals surface area contributed by atoms with Crippen molar-refractivity contribution in [2.45, 2.75) is 50.8 Å². The monoisotopic (exact) mass is 617 g/mol. The van der Waals surface area contributed by atoms with E-state index in [-0.39, 0.29) is 11.5 Å². The number of fused-ring (bicyclic) bond motifs is 2. The van der Waals surface area contributed by atoms with Gasteiger partial charge in [-0.1, -0.05) is 141 Å². The molecule has 0 radical (unpaired) electrons. The van der Waals surface area contributed by atoms with Crippen LogP contribution in [0.4, 0.5) is 0 Å². The molecule has 1 unspecified atom stereocenters. The fourth-order valence-electron chi connectivity index (χ4n) is 6.25. The normalized spacial score (nSPS) is 15.3. The predicted octanol–water partition coefficient (Wildman–Crippen LogP) is 8.36. The van der Waals surface area contributed by atoms with Crippen LogP contribution in [0.5, 0.6) is 11.5 Å². The third-order valence-corrected chi connectivity index (χ3v) is 12.7. The Balaban J connectivity index is 1.57. The molecule has 0 aliphatic carbocycles. The van der Waals surface area contributed by atoms with Gasteiger partial charge in [0.1, 0.15) is 22.5 Å². The zero-order chi connectivity index (χ0) is 31.1. The molecule has 0 N–H and O–H groups in total. The van der Waals surface area contributed by atoms with E-state index in [1.807, 2.05) is 38.2 Å². The van der Waals surface area contributed by atoms with Crippen molar-refractivity contribution < 1.29 is 8.95 Å². The predicted molar refractivity (Wildman–Crippen MR) is 188 cm³/mol. The van der Waals surface area contributed by atoms with Gasteiger partial charge < -0.3 is 4.74 Å². The van der Waals surface area contributed by atoms with E-state index in [0.29, 0.717) is 0 Å². The Morgan fingerprint density at radius 3 is 1.73 bits per heavy atom. The van der Waals surface area contributed by atoms with Gasteiger partial charge in [0, 0.05) is 34.5 Å². The summed E-state index contributed by atoms with van der Waals surface area (Å²) in [7, 11) is -0.173. The summed E-state index contributed by atoms with van der Waals surface area (Å²) in [5.74, 6) is 1.79. The Hall–Kier alpha value is -3.56. The molecule has 224 valence electrons. The van der Waals surface area contributed by atoms with Gasteiger partial charge in [0.2, 0.25) is 0 Å². The van der Waals surface area contributed by atoms with Crippen LogP contribution in [0.25, 0.3) is 0 Å². The maximum Gasteiger partial charge on any atom is 0.139 e. The van der Waals surface area contributed by atoms with E-state index in [1.165, 1.54) is 21.5 Å². The van der Waals surface area contributed by atoms with Crippen molar-refractivity contribution >= 4 is 34.8 Å². The zero-order valence-corrected chi connectivity index (χ0v) is 28.0. The Labute approximate surface area is 266 Å². The lowest BCUT2D eigenvalue weighted by molar-refractivity contribution is 0.389. The van der Waals surface area contributed by atoms with Crippen LogP contribution in [0, 0.1) is 0 Å². The smallest absolute Gasteiger partial charge is 0.139 e. The topological polar surface area (TPSA) is 29.5 Å². The van der Waals surface area contributed by atoms with E-state index < -0.39 is 23.7 Å². The molecule has 1 heterocycles. The highest BCUT2D eigenvalue weighted by Gasteiger charge is 2.40. The molecule has 6 rings (SSSR count). The number of hydrogen-bond donors (Lipinski definition) is 0. The van der Waals surface area contributed by atoms with E-state index in [0.717, 1.165) is 28.2 Å². The van der Waals surface area contributed by atoms with Crippen molar-refractivity contribution in [1.29, 1.82) is 0 Å². The van der Waals surface area contributed by atoms with Crippen LogP contribution >= 0.6 is 7.92 Å². The molecule has 0 amide bonds. The summed E-state index contributed by atoms with van der Waals surface area (Å²) in [6.45, 7) is 10.7. The second-order valence-corrected chi connectivity index (χ2v) is 17.3. The molecule has 5 aromatic rings. The lowest BCUT2D eigenvalue weighted by Gasteiger charge is -2.40. The molecule has 0 aromatic heterocycles. The lowest BCUT2D eigenvalue weighted by atomic mass is 9.74. The number of nitrogens with zero attached hydrogens (tertiary/aromatic N) is 1. The van der Waals surface area contributed by atoms with Crippen LogP contribution in [0.1, 0.15) is 62.9 Å². The van der Waals surface area contributed by atoms with Crippen LogP contribution in [0.2, 0.25) is 0 Å². The standard InChI is InChI=1S/C39H40NO2PS/c1-38(2,3)44(41)40(6)35(28-18-10-7-11-19-28)31-24-16-25-32-36(31)42-37-33(39(32,4)5)26-17-27-34(37)43(29-20-12-8-13-21-29)30-22-14-9-15-23-30/h7-27,35H,1-6H3/t35-,44?/m1/s1. The second kappa shape index (κ2) is 12.1. The Kier molecular flexibility index (Phi) is 8.37. The van der Waals surface area contributed by atoms with Gasteiger partial charge in [0.15, 0.2) is 0 Å². The molecule has 0 spiro atoms. The average molecular weight is 618 g/mol. The summed E-state index contributed by atoms with van der Waals surface area (Å²) in [5.41, 5.74) is 4.11. The maximum absolute atomic E-state index is 13.9. The van der Waals surface area contributed by atoms with Crippen molar-refractivity contribution in [3.63, 3.8) is 0 Å². The van der Waals surface area contributed by atoms with Gasteiger partial charge in [-0.3, -0.25) is 0 Å². The second-order valence-electron chi connectivity index (χ2n) is 12.8. The molecule has 0 fully saturated rings. The van der Waals surface area contributed by atoms with Crippen molar-refractivity contribution in [2.75, 3.05) is 7.05 Å². The summed E-state index contributed by atoms with van der Waals surface area (Å²) < 4.78 is 22.7. The summed E-state index contributed by atoms with van der Waals surface area (Å²) in [4.78, 5) is 0. The molecule has 1 aliphatic rings. The summed E-state index contributed by atoms with van der Waals surface area (Å²) in [6.07, 6.45) is 0. The first-order valence-electron chi connectivity index (χ1n) is 15.1. The Bertz CT molecular complexity index is 1740. The fraction of sp³-hybridized carbons (Fsp3) is 0.231. The molecular formula is C39H40NO2PS.